The standard InChI is InChI=1S/C8H16N2.2ClH/c1-10-6-2-4-7(9)8(10)5-3-6;;/h6-8H,2-5,9H2,1H3;2*1H/t6-,7-,8-;;/m1../s1. The van der Waals surface area contributed by atoms with E-state index in [2.05, 4.69) is 11.9 Å². The molecule has 2 nitrogen and oxygen atoms in total. The molecule has 0 aromatic rings. The first-order valence-electron chi connectivity index (χ1n) is 4.26. The molecule has 2 bridgehead atoms. The van der Waals surface area contributed by atoms with Gasteiger partial charge in [0, 0.05) is 18.1 Å². The number of piperidine rings is 1. The highest BCUT2D eigenvalue weighted by molar-refractivity contribution is 5.85. The molecule has 0 spiro atoms. The normalized spacial score (nSPS) is 40.0. The van der Waals surface area contributed by atoms with Crippen LogP contribution in [0.1, 0.15) is 25.7 Å². The molecule has 3 atom stereocenters. The minimum Gasteiger partial charge on any atom is -0.326 e. The fourth-order valence-electron chi connectivity index (χ4n) is 2.48. The quantitative estimate of drug-likeness (QED) is 0.659. The third kappa shape index (κ3) is 1.87. The molecule has 2 aliphatic rings. The Labute approximate surface area is 86.7 Å². The van der Waals surface area contributed by atoms with E-state index in [1.165, 1.54) is 25.7 Å². The largest absolute Gasteiger partial charge is 0.326 e. The van der Waals surface area contributed by atoms with Gasteiger partial charge in [-0.25, -0.2) is 0 Å². The molecule has 2 aliphatic heterocycles. The number of halogens is 2. The van der Waals surface area contributed by atoms with Crippen LogP contribution in [0.3, 0.4) is 0 Å². The first-order valence-corrected chi connectivity index (χ1v) is 4.26. The Balaban J connectivity index is 0.000000605. The number of likely N-dealkylation sites (N-methyl/N-ethyl adjacent to an activating group) is 1. The second-order valence-electron chi connectivity index (χ2n) is 3.71. The summed E-state index contributed by atoms with van der Waals surface area (Å²) in [5, 5.41) is 0. The van der Waals surface area contributed by atoms with E-state index < -0.39 is 0 Å². The van der Waals surface area contributed by atoms with Crippen molar-refractivity contribution < 1.29 is 0 Å². The van der Waals surface area contributed by atoms with Crippen LogP contribution >= 0.6 is 24.8 Å². The topological polar surface area (TPSA) is 29.3 Å². The Bertz CT molecular complexity index is 143. The zero-order chi connectivity index (χ0) is 7.14. The van der Waals surface area contributed by atoms with Crippen LogP contribution in [-0.4, -0.2) is 30.1 Å². The Hall–Kier alpha value is 0.500. The van der Waals surface area contributed by atoms with Gasteiger partial charge in [0.2, 0.25) is 0 Å². The molecule has 2 N–H and O–H groups in total. The minimum absolute atomic E-state index is 0. The summed E-state index contributed by atoms with van der Waals surface area (Å²) in [6.45, 7) is 0. The minimum atomic E-state index is 0. The van der Waals surface area contributed by atoms with Gasteiger partial charge in [0.05, 0.1) is 0 Å². The van der Waals surface area contributed by atoms with Crippen LogP contribution in [-0.2, 0) is 0 Å². The maximum atomic E-state index is 5.96. The third-order valence-corrected chi connectivity index (χ3v) is 3.22. The lowest BCUT2D eigenvalue weighted by atomic mass is 9.99. The van der Waals surface area contributed by atoms with Crippen LogP contribution in [0.5, 0.6) is 0 Å². The summed E-state index contributed by atoms with van der Waals surface area (Å²) in [5.41, 5.74) is 5.96. The van der Waals surface area contributed by atoms with Crippen molar-refractivity contribution in [1.82, 2.24) is 4.90 Å². The van der Waals surface area contributed by atoms with Gasteiger partial charge in [-0.2, -0.15) is 0 Å². The van der Waals surface area contributed by atoms with Gasteiger partial charge >= 0.3 is 0 Å². The monoisotopic (exact) mass is 212 g/mol. The van der Waals surface area contributed by atoms with E-state index in [0.717, 1.165) is 6.04 Å². The third-order valence-electron chi connectivity index (χ3n) is 3.22. The Kier molecular flexibility index (Phi) is 4.85. The average molecular weight is 213 g/mol. The summed E-state index contributed by atoms with van der Waals surface area (Å²) in [6.07, 6.45) is 5.30. The highest BCUT2D eigenvalue weighted by Gasteiger charge is 2.38. The summed E-state index contributed by atoms with van der Waals surface area (Å²) in [7, 11) is 2.22. The van der Waals surface area contributed by atoms with E-state index in [9.17, 15) is 0 Å². The van der Waals surface area contributed by atoms with Crippen molar-refractivity contribution in [2.24, 2.45) is 5.73 Å². The van der Waals surface area contributed by atoms with Gasteiger partial charge in [0.25, 0.3) is 0 Å². The highest BCUT2D eigenvalue weighted by Crippen LogP contribution is 2.32. The van der Waals surface area contributed by atoms with Crippen LogP contribution in [0.2, 0.25) is 0 Å². The summed E-state index contributed by atoms with van der Waals surface area (Å²) < 4.78 is 0. The van der Waals surface area contributed by atoms with Crippen LogP contribution in [0.25, 0.3) is 0 Å². The van der Waals surface area contributed by atoms with Crippen molar-refractivity contribution in [1.29, 1.82) is 0 Å². The summed E-state index contributed by atoms with van der Waals surface area (Å²) in [4.78, 5) is 2.48. The fraction of sp³-hybridized carbons (Fsp3) is 1.00. The van der Waals surface area contributed by atoms with Crippen molar-refractivity contribution >= 4 is 24.8 Å². The molecule has 0 aromatic heterocycles. The van der Waals surface area contributed by atoms with Crippen LogP contribution in [0.15, 0.2) is 0 Å². The van der Waals surface area contributed by atoms with Gasteiger partial charge in [-0.1, -0.05) is 0 Å². The van der Waals surface area contributed by atoms with E-state index in [4.69, 9.17) is 5.73 Å². The molecule has 2 heterocycles. The smallest absolute Gasteiger partial charge is 0.0247 e. The van der Waals surface area contributed by atoms with E-state index >= 15 is 0 Å². The summed E-state index contributed by atoms with van der Waals surface area (Å²) >= 11 is 0. The molecule has 0 amide bonds. The van der Waals surface area contributed by atoms with Crippen molar-refractivity contribution in [2.75, 3.05) is 7.05 Å². The first kappa shape index (κ1) is 12.5. The van der Waals surface area contributed by atoms with Crippen LogP contribution in [0.4, 0.5) is 0 Å². The van der Waals surface area contributed by atoms with Crippen molar-refractivity contribution in [3.05, 3.63) is 0 Å². The molecular formula is C8H18Cl2N2. The number of nitrogens with zero attached hydrogens (tertiary/aromatic N) is 1. The van der Waals surface area contributed by atoms with Crippen LogP contribution in [0, 0.1) is 0 Å². The average Bonchev–Trinajstić information content (AvgIpc) is 2.13. The molecule has 0 aliphatic carbocycles. The number of hydrogen-bond acceptors (Lipinski definition) is 2. The van der Waals surface area contributed by atoms with Gasteiger partial charge in [-0.05, 0) is 32.7 Å². The molecule has 4 heteroatoms. The van der Waals surface area contributed by atoms with Gasteiger partial charge in [-0.15, -0.1) is 24.8 Å². The van der Waals surface area contributed by atoms with Crippen molar-refractivity contribution in [2.45, 2.75) is 43.8 Å². The van der Waals surface area contributed by atoms with Crippen LogP contribution < -0.4 is 5.73 Å². The number of hydrogen-bond donors (Lipinski definition) is 1. The maximum Gasteiger partial charge on any atom is 0.0247 e. The molecule has 74 valence electrons. The zero-order valence-electron chi connectivity index (χ0n) is 7.40. The second-order valence-corrected chi connectivity index (χ2v) is 3.71. The highest BCUT2D eigenvalue weighted by atomic mass is 35.5. The Morgan fingerprint density at radius 2 is 1.67 bits per heavy atom. The second kappa shape index (κ2) is 4.66. The molecule has 2 rings (SSSR count). The van der Waals surface area contributed by atoms with Gasteiger partial charge in [0.15, 0.2) is 0 Å². The number of rotatable bonds is 0. The van der Waals surface area contributed by atoms with E-state index in [-0.39, 0.29) is 24.8 Å². The molecule has 0 aromatic carbocycles. The lowest BCUT2D eigenvalue weighted by Crippen LogP contribution is -2.48. The molecule has 12 heavy (non-hydrogen) atoms. The number of fused-ring (bicyclic) bond motifs is 2. The first-order chi connectivity index (χ1) is 4.79. The number of nitrogens with two attached hydrogens (primary N) is 1. The zero-order valence-corrected chi connectivity index (χ0v) is 9.03. The van der Waals surface area contributed by atoms with Gasteiger partial charge in [0.1, 0.15) is 0 Å². The SMILES string of the molecule is CN1[C@@H]2CC[C@@H](N)[C@H]1CC2.Cl.Cl. The fourth-order valence-corrected chi connectivity index (χ4v) is 2.48. The molecule has 0 radical (unpaired) electrons. The predicted molar refractivity (Wildman–Crippen MR) is 56.3 cm³/mol. The molecule has 2 saturated heterocycles. The summed E-state index contributed by atoms with van der Waals surface area (Å²) in [5.74, 6) is 0. The summed E-state index contributed by atoms with van der Waals surface area (Å²) in [6, 6.07) is 2.03. The lowest BCUT2D eigenvalue weighted by Gasteiger charge is -2.35. The lowest BCUT2D eigenvalue weighted by molar-refractivity contribution is 0.158. The van der Waals surface area contributed by atoms with E-state index in [0.29, 0.717) is 12.1 Å². The Morgan fingerprint density at radius 1 is 1.08 bits per heavy atom. The molecule has 2 fully saturated rings. The van der Waals surface area contributed by atoms with E-state index in [1.807, 2.05) is 0 Å². The molecule has 0 saturated carbocycles. The predicted octanol–water partition coefficient (Wildman–Crippen LogP) is 1.41. The maximum absolute atomic E-state index is 5.96. The van der Waals surface area contributed by atoms with Crippen molar-refractivity contribution in [3.8, 4) is 0 Å². The van der Waals surface area contributed by atoms with Gasteiger partial charge < -0.3 is 5.73 Å². The Morgan fingerprint density at radius 3 is 2.25 bits per heavy atom. The molecule has 0 unspecified atom stereocenters. The van der Waals surface area contributed by atoms with Gasteiger partial charge in [-0.3, -0.25) is 4.90 Å². The van der Waals surface area contributed by atoms with E-state index in [1.54, 1.807) is 0 Å². The molecular weight excluding hydrogens is 195 g/mol. The van der Waals surface area contributed by atoms with Crippen molar-refractivity contribution in [3.63, 3.8) is 0 Å².